The van der Waals surface area contributed by atoms with Gasteiger partial charge in [-0.15, -0.1) is 0 Å². The number of benzene rings is 1. The Hall–Kier alpha value is -1.96. The first-order valence-corrected chi connectivity index (χ1v) is 9.83. The Morgan fingerprint density at radius 3 is 2.63 bits per heavy atom. The minimum absolute atomic E-state index is 0.147. The maximum atomic E-state index is 9.90. The number of nitrogens with zero attached hydrogens (tertiary/aromatic N) is 4. The molecule has 4 rings (SSSR count). The fourth-order valence-corrected chi connectivity index (χ4v) is 4.13. The highest BCUT2D eigenvalue weighted by atomic mass is 16.5. The van der Waals surface area contributed by atoms with E-state index < -0.39 is 0 Å². The smallest absolute Gasteiger partial charge is 0.241 e. The lowest BCUT2D eigenvalue weighted by Crippen LogP contribution is -2.49. The third kappa shape index (κ3) is 4.48. The summed E-state index contributed by atoms with van der Waals surface area (Å²) in [6, 6.07) is 8.26. The maximum absolute atomic E-state index is 9.90. The summed E-state index contributed by atoms with van der Waals surface area (Å²) in [5, 5.41) is 14.0. The molecule has 0 unspecified atom stereocenters. The van der Waals surface area contributed by atoms with Crippen LogP contribution in [0.25, 0.3) is 11.4 Å². The van der Waals surface area contributed by atoms with Crippen LogP contribution >= 0.6 is 0 Å². The monoisotopic (exact) mass is 372 g/mol. The highest BCUT2D eigenvalue weighted by Gasteiger charge is 2.28. The SMILES string of the molecule is COc1ccc(-c2noc(CN3CCC(N4CCC[C@@H](O)C4)CC3)n2)cc1. The van der Waals surface area contributed by atoms with Crippen molar-refractivity contribution < 1.29 is 14.4 Å². The molecule has 0 saturated carbocycles. The molecule has 0 bridgehead atoms. The molecule has 2 aromatic rings. The first-order valence-electron chi connectivity index (χ1n) is 9.83. The standard InChI is InChI=1S/C20H28N4O3/c1-26-18-6-4-15(5-7-18)20-21-19(27-22-20)14-23-11-8-16(9-12-23)24-10-2-3-17(25)13-24/h4-7,16-17,25H,2-3,8-14H2,1H3/t17-/m1/s1. The number of aliphatic hydroxyl groups is 1. The van der Waals surface area contributed by atoms with Crippen LogP contribution in [0.3, 0.4) is 0 Å². The van der Waals surface area contributed by atoms with E-state index in [1.54, 1.807) is 7.11 Å². The first-order chi connectivity index (χ1) is 13.2. The number of hydrogen-bond donors (Lipinski definition) is 1. The number of piperidine rings is 2. The zero-order chi connectivity index (χ0) is 18.6. The third-order valence-electron chi connectivity index (χ3n) is 5.68. The van der Waals surface area contributed by atoms with Crippen molar-refractivity contribution in [2.45, 2.75) is 44.4 Å². The average Bonchev–Trinajstić information content (AvgIpc) is 3.17. The fourth-order valence-electron chi connectivity index (χ4n) is 4.13. The molecule has 1 N–H and O–H groups in total. The Kier molecular flexibility index (Phi) is 5.71. The van der Waals surface area contributed by atoms with Crippen molar-refractivity contribution in [3.8, 4) is 17.1 Å². The third-order valence-corrected chi connectivity index (χ3v) is 5.68. The largest absolute Gasteiger partial charge is 0.497 e. The van der Waals surface area contributed by atoms with E-state index >= 15 is 0 Å². The predicted octanol–water partition coefficient (Wildman–Crippen LogP) is 2.17. The molecule has 0 radical (unpaired) electrons. The number of likely N-dealkylation sites (tertiary alicyclic amines) is 2. The second kappa shape index (κ2) is 8.37. The van der Waals surface area contributed by atoms with Crippen LogP contribution in [0.1, 0.15) is 31.6 Å². The van der Waals surface area contributed by atoms with Gasteiger partial charge in [0.2, 0.25) is 11.7 Å². The average molecular weight is 372 g/mol. The normalized spacial score (nSPS) is 22.8. The van der Waals surface area contributed by atoms with Gasteiger partial charge in [0.15, 0.2) is 0 Å². The Morgan fingerprint density at radius 2 is 1.93 bits per heavy atom. The molecular formula is C20H28N4O3. The van der Waals surface area contributed by atoms with Crippen LogP contribution < -0.4 is 4.74 Å². The lowest BCUT2D eigenvalue weighted by atomic mass is 9.99. The molecule has 2 aliphatic rings. The highest BCUT2D eigenvalue weighted by molar-refractivity contribution is 5.55. The molecule has 1 aromatic carbocycles. The number of β-amino-alcohol motifs (C(OH)–C–C–N with tert-alkyl or cyclic N) is 1. The zero-order valence-electron chi connectivity index (χ0n) is 15.9. The van der Waals surface area contributed by atoms with E-state index in [2.05, 4.69) is 19.9 Å². The van der Waals surface area contributed by atoms with Gasteiger partial charge in [0.25, 0.3) is 0 Å². The molecular weight excluding hydrogens is 344 g/mol. The van der Waals surface area contributed by atoms with Gasteiger partial charge in [-0.2, -0.15) is 4.98 Å². The van der Waals surface area contributed by atoms with E-state index in [-0.39, 0.29) is 6.10 Å². The Bertz CT molecular complexity index is 725. The van der Waals surface area contributed by atoms with E-state index in [0.29, 0.717) is 24.3 Å². The summed E-state index contributed by atoms with van der Waals surface area (Å²) in [5.41, 5.74) is 0.924. The van der Waals surface area contributed by atoms with Crippen molar-refractivity contribution in [2.24, 2.45) is 0 Å². The Labute approximate surface area is 159 Å². The number of aliphatic hydroxyl groups excluding tert-OH is 1. The number of aromatic nitrogens is 2. The Balaban J connectivity index is 1.30. The van der Waals surface area contributed by atoms with Gasteiger partial charge in [-0.05, 0) is 56.5 Å². The lowest BCUT2D eigenvalue weighted by molar-refractivity contribution is 0.0231. The molecule has 146 valence electrons. The van der Waals surface area contributed by atoms with Crippen molar-refractivity contribution in [3.63, 3.8) is 0 Å². The van der Waals surface area contributed by atoms with Crippen LogP contribution in [0.5, 0.6) is 5.75 Å². The minimum atomic E-state index is -0.147. The molecule has 1 atom stereocenters. The first kappa shape index (κ1) is 18.4. The van der Waals surface area contributed by atoms with Crippen molar-refractivity contribution in [2.75, 3.05) is 33.3 Å². The van der Waals surface area contributed by atoms with E-state index in [1.807, 2.05) is 24.3 Å². The van der Waals surface area contributed by atoms with Crippen LogP contribution in [0, 0.1) is 0 Å². The molecule has 0 aliphatic carbocycles. The quantitative estimate of drug-likeness (QED) is 0.862. The van der Waals surface area contributed by atoms with Gasteiger partial charge in [-0.25, -0.2) is 0 Å². The number of ether oxygens (including phenoxy) is 1. The molecule has 2 aliphatic heterocycles. The van der Waals surface area contributed by atoms with Gasteiger partial charge in [-0.1, -0.05) is 5.16 Å². The maximum Gasteiger partial charge on any atom is 0.241 e. The molecule has 27 heavy (non-hydrogen) atoms. The molecule has 0 amide bonds. The van der Waals surface area contributed by atoms with E-state index in [4.69, 9.17) is 9.26 Å². The van der Waals surface area contributed by atoms with Crippen LogP contribution in [0.4, 0.5) is 0 Å². The molecule has 7 heteroatoms. The van der Waals surface area contributed by atoms with Crippen LogP contribution in [0.15, 0.2) is 28.8 Å². The van der Waals surface area contributed by atoms with Crippen molar-refractivity contribution in [1.29, 1.82) is 0 Å². The number of methoxy groups -OCH3 is 1. The van der Waals surface area contributed by atoms with Gasteiger partial charge in [0.05, 0.1) is 19.8 Å². The summed E-state index contributed by atoms with van der Waals surface area (Å²) in [6.07, 6.45) is 4.17. The fraction of sp³-hybridized carbons (Fsp3) is 0.600. The predicted molar refractivity (Wildman–Crippen MR) is 101 cm³/mol. The molecule has 3 heterocycles. The second-order valence-electron chi connectivity index (χ2n) is 7.54. The van der Waals surface area contributed by atoms with E-state index in [9.17, 15) is 5.11 Å². The van der Waals surface area contributed by atoms with Gasteiger partial charge < -0.3 is 14.4 Å². The highest BCUT2D eigenvalue weighted by Crippen LogP contribution is 2.23. The molecule has 0 spiro atoms. The van der Waals surface area contributed by atoms with Gasteiger partial charge in [-0.3, -0.25) is 9.80 Å². The summed E-state index contributed by atoms with van der Waals surface area (Å²) in [4.78, 5) is 9.39. The van der Waals surface area contributed by atoms with E-state index in [1.165, 1.54) is 0 Å². The molecule has 2 fully saturated rings. The van der Waals surface area contributed by atoms with Gasteiger partial charge in [0, 0.05) is 31.2 Å². The van der Waals surface area contributed by atoms with Crippen LogP contribution in [0.2, 0.25) is 0 Å². The lowest BCUT2D eigenvalue weighted by Gasteiger charge is -2.41. The number of hydrogen-bond acceptors (Lipinski definition) is 7. The summed E-state index contributed by atoms with van der Waals surface area (Å²) in [7, 11) is 1.65. The summed E-state index contributed by atoms with van der Waals surface area (Å²) in [6.45, 7) is 4.70. The topological polar surface area (TPSA) is 74.9 Å². The van der Waals surface area contributed by atoms with Crippen LogP contribution in [-0.2, 0) is 6.54 Å². The van der Waals surface area contributed by atoms with Crippen molar-refractivity contribution >= 4 is 0 Å². The molecule has 1 aromatic heterocycles. The van der Waals surface area contributed by atoms with Crippen molar-refractivity contribution in [1.82, 2.24) is 19.9 Å². The Morgan fingerprint density at radius 1 is 1.15 bits per heavy atom. The second-order valence-corrected chi connectivity index (χ2v) is 7.54. The minimum Gasteiger partial charge on any atom is -0.497 e. The summed E-state index contributed by atoms with van der Waals surface area (Å²) in [5.74, 6) is 2.09. The van der Waals surface area contributed by atoms with E-state index in [0.717, 1.165) is 63.2 Å². The molecule has 2 saturated heterocycles. The summed E-state index contributed by atoms with van der Waals surface area (Å²) < 4.78 is 10.6. The summed E-state index contributed by atoms with van der Waals surface area (Å²) >= 11 is 0. The van der Waals surface area contributed by atoms with Gasteiger partial charge in [0.1, 0.15) is 5.75 Å². The number of rotatable bonds is 5. The van der Waals surface area contributed by atoms with Gasteiger partial charge >= 0.3 is 0 Å². The molecule has 7 nitrogen and oxygen atoms in total. The van der Waals surface area contributed by atoms with Crippen molar-refractivity contribution in [3.05, 3.63) is 30.2 Å². The van der Waals surface area contributed by atoms with Crippen LogP contribution in [-0.4, -0.2) is 70.5 Å². The zero-order valence-corrected chi connectivity index (χ0v) is 15.9.